The molecule has 0 saturated heterocycles. The molecule has 0 amide bonds. The number of nitrogens with two attached hydrogens (primary N) is 1. The minimum absolute atomic E-state index is 0.157. The van der Waals surface area contributed by atoms with Crippen LogP contribution in [0.2, 0.25) is 0 Å². The predicted octanol–water partition coefficient (Wildman–Crippen LogP) is 2.30. The number of para-hydroxylation sites is 1. The van der Waals surface area contributed by atoms with E-state index in [1.54, 1.807) is 38.1 Å². The van der Waals surface area contributed by atoms with E-state index in [4.69, 9.17) is 11.1 Å². The van der Waals surface area contributed by atoms with Crippen molar-refractivity contribution < 1.29 is 13.3 Å². The molecule has 0 bridgehead atoms. The molecule has 11 heteroatoms. The molecule has 150 valence electrons. The average molecular weight is 414 g/mol. The zero-order chi connectivity index (χ0) is 21.3. The topological polar surface area (TPSA) is 156 Å². The number of guanidine groups is 1. The summed E-state index contributed by atoms with van der Waals surface area (Å²) in [4.78, 5) is 10.3. The fourth-order valence-corrected chi connectivity index (χ4v) is 4.55. The third-order valence-electron chi connectivity index (χ3n) is 4.33. The molecule has 0 atom stereocenters. The summed E-state index contributed by atoms with van der Waals surface area (Å²) in [5.74, 6) is -0.354. The Bertz CT molecular complexity index is 1280. The van der Waals surface area contributed by atoms with E-state index in [1.807, 2.05) is 0 Å². The van der Waals surface area contributed by atoms with E-state index in [0.29, 0.717) is 27.7 Å². The number of benzene rings is 2. The number of nitro benzene ring substituents is 1. The van der Waals surface area contributed by atoms with Gasteiger partial charge in [-0.15, -0.1) is 0 Å². The maximum absolute atomic E-state index is 13.4. The van der Waals surface area contributed by atoms with Crippen LogP contribution < -0.4 is 11.2 Å². The number of hydrazone groups is 1. The van der Waals surface area contributed by atoms with Gasteiger partial charge in [0.15, 0.2) is 0 Å². The Hall–Kier alpha value is -3.73. The molecule has 0 aliphatic heterocycles. The number of rotatable bonds is 5. The van der Waals surface area contributed by atoms with Crippen molar-refractivity contribution in [1.82, 2.24) is 9.40 Å². The first kappa shape index (κ1) is 20.0. The zero-order valence-corrected chi connectivity index (χ0v) is 16.4. The van der Waals surface area contributed by atoms with E-state index in [2.05, 4.69) is 10.5 Å². The monoisotopic (exact) mass is 414 g/mol. The number of aromatic nitrogens is 1. The summed E-state index contributed by atoms with van der Waals surface area (Å²) >= 11 is 0. The Kier molecular flexibility index (Phi) is 5.08. The van der Waals surface area contributed by atoms with Crippen LogP contribution in [0.3, 0.4) is 0 Å². The molecule has 10 nitrogen and oxygen atoms in total. The van der Waals surface area contributed by atoms with Gasteiger partial charge in [0.25, 0.3) is 15.7 Å². The smallest absolute Gasteiger partial charge is 0.270 e. The van der Waals surface area contributed by atoms with Crippen LogP contribution in [0.4, 0.5) is 5.69 Å². The predicted molar refractivity (Wildman–Crippen MR) is 110 cm³/mol. The van der Waals surface area contributed by atoms with Crippen LogP contribution in [0.5, 0.6) is 0 Å². The van der Waals surface area contributed by atoms with Crippen molar-refractivity contribution in [2.45, 2.75) is 18.7 Å². The van der Waals surface area contributed by atoms with Gasteiger partial charge in [0.05, 0.1) is 21.0 Å². The van der Waals surface area contributed by atoms with Crippen molar-refractivity contribution in [3.63, 3.8) is 0 Å². The molecule has 29 heavy (non-hydrogen) atoms. The van der Waals surface area contributed by atoms with Crippen LogP contribution in [-0.2, 0) is 10.0 Å². The Balaban J connectivity index is 2.25. The van der Waals surface area contributed by atoms with Gasteiger partial charge < -0.3 is 5.73 Å². The van der Waals surface area contributed by atoms with Crippen LogP contribution in [-0.4, -0.2) is 29.0 Å². The lowest BCUT2D eigenvalue weighted by Crippen LogP contribution is -2.26. The standard InChI is InChI=1S/C18H18N6O4S/c1-11-7-8-13(24(25)26)9-17(11)29(27,28)23-10-15(12(2)21-22-18(19)20)14-5-3-4-6-16(14)23/h3-10H,1-2H3,(H4,19,20,22)/b21-12-. The zero-order valence-electron chi connectivity index (χ0n) is 15.6. The lowest BCUT2D eigenvalue weighted by Gasteiger charge is -2.10. The average Bonchev–Trinajstić information content (AvgIpc) is 3.06. The molecule has 0 aliphatic carbocycles. The lowest BCUT2D eigenvalue weighted by atomic mass is 10.1. The number of nitrogens with zero attached hydrogens (tertiary/aromatic N) is 3. The van der Waals surface area contributed by atoms with Crippen LogP contribution >= 0.6 is 0 Å². The molecule has 1 heterocycles. The maximum atomic E-state index is 13.4. The number of non-ortho nitro benzene ring substituents is 1. The molecule has 0 saturated carbocycles. The summed E-state index contributed by atoms with van der Waals surface area (Å²) in [6.07, 6.45) is 1.40. The van der Waals surface area contributed by atoms with E-state index in [0.717, 1.165) is 10.0 Å². The molecule has 0 unspecified atom stereocenters. The molecule has 0 aliphatic rings. The van der Waals surface area contributed by atoms with Gasteiger partial charge in [0, 0.05) is 29.3 Å². The number of nitro groups is 1. The largest absolute Gasteiger partial charge is 0.369 e. The minimum Gasteiger partial charge on any atom is -0.369 e. The first-order valence-electron chi connectivity index (χ1n) is 8.38. The summed E-state index contributed by atoms with van der Waals surface area (Å²) in [5.41, 5.74) is 8.98. The van der Waals surface area contributed by atoms with Crippen LogP contribution in [0, 0.1) is 22.4 Å². The van der Waals surface area contributed by atoms with Gasteiger partial charge >= 0.3 is 0 Å². The van der Waals surface area contributed by atoms with Gasteiger partial charge in [0.1, 0.15) is 0 Å². The van der Waals surface area contributed by atoms with E-state index in [-0.39, 0.29) is 16.5 Å². The van der Waals surface area contributed by atoms with Gasteiger partial charge in [0.2, 0.25) is 5.96 Å². The number of fused-ring (bicyclic) bond motifs is 1. The summed E-state index contributed by atoms with van der Waals surface area (Å²) in [6, 6.07) is 10.5. The second-order valence-electron chi connectivity index (χ2n) is 6.29. The molecule has 2 aromatic carbocycles. The van der Waals surface area contributed by atoms with Crippen molar-refractivity contribution in [2.75, 3.05) is 0 Å². The highest BCUT2D eigenvalue weighted by Gasteiger charge is 2.25. The Morgan fingerprint density at radius 1 is 1.28 bits per heavy atom. The highest BCUT2D eigenvalue weighted by molar-refractivity contribution is 7.90. The van der Waals surface area contributed by atoms with Crippen molar-refractivity contribution in [3.05, 3.63) is 69.9 Å². The summed E-state index contributed by atoms with van der Waals surface area (Å²) in [6.45, 7) is 3.22. The fourth-order valence-electron chi connectivity index (χ4n) is 2.93. The molecular weight excluding hydrogens is 396 g/mol. The molecule has 3 rings (SSSR count). The van der Waals surface area contributed by atoms with Gasteiger partial charge in [-0.05, 0) is 25.5 Å². The fraction of sp³-hybridized carbons (Fsp3) is 0.111. The van der Waals surface area contributed by atoms with Crippen LogP contribution in [0.1, 0.15) is 18.1 Å². The number of hydrogen-bond donors (Lipinski definition) is 3. The first-order valence-corrected chi connectivity index (χ1v) is 9.82. The van der Waals surface area contributed by atoms with Crippen LogP contribution in [0.15, 0.2) is 58.7 Å². The minimum atomic E-state index is -4.13. The van der Waals surface area contributed by atoms with Gasteiger partial charge in [-0.2, -0.15) is 5.10 Å². The quantitative estimate of drug-likeness (QED) is 0.252. The van der Waals surface area contributed by atoms with E-state index in [1.165, 1.54) is 18.3 Å². The number of hydrogen-bond acceptors (Lipinski definition) is 6. The van der Waals surface area contributed by atoms with Gasteiger partial charge in [-0.3, -0.25) is 15.5 Å². The summed E-state index contributed by atoms with van der Waals surface area (Å²) < 4.78 is 27.8. The third kappa shape index (κ3) is 3.67. The van der Waals surface area contributed by atoms with Crippen molar-refractivity contribution in [1.29, 1.82) is 5.41 Å². The lowest BCUT2D eigenvalue weighted by molar-refractivity contribution is -0.385. The Labute approximate surface area is 166 Å². The van der Waals surface area contributed by atoms with Crippen LogP contribution in [0.25, 0.3) is 10.9 Å². The SMILES string of the molecule is C/C(=N/NC(=N)N)c1cn(S(=O)(=O)c2cc([N+](=O)[O-])ccc2C)c2ccccc12. The first-order chi connectivity index (χ1) is 13.6. The Morgan fingerprint density at radius 2 is 1.97 bits per heavy atom. The third-order valence-corrected chi connectivity index (χ3v) is 6.15. The number of aryl methyl sites for hydroxylation is 1. The number of nitrogens with one attached hydrogen (secondary N) is 2. The Morgan fingerprint density at radius 3 is 2.62 bits per heavy atom. The van der Waals surface area contributed by atoms with E-state index < -0.39 is 14.9 Å². The second kappa shape index (κ2) is 7.36. The summed E-state index contributed by atoms with van der Waals surface area (Å²) in [7, 11) is -4.13. The van der Waals surface area contributed by atoms with Crippen molar-refractivity contribution in [3.8, 4) is 0 Å². The highest BCUT2D eigenvalue weighted by Crippen LogP contribution is 2.29. The van der Waals surface area contributed by atoms with Gasteiger partial charge in [-0.25, -0.2) is 17.8 Å². The van der Waals surface area contributed by atoms with Gasteiger partial charge in [-0.1, -0.05) is 24.3 Å². The molecule has 3 aromatic rings. The molecule has 0 fully saturated rings. The van der Waals surface area contributed by atoms with E-state index in [9.17, 15) is 18.5 Å². The van der Waals surface area contributed by atoms with E-state index >= 15 is 0 Å². The van der Waals surface area contributed by atoms with Crippen molar-refractivity contribution in [2.24, 2.45) is 10.8 Å². The normalized spacial score (nSPS) is 12.1. The second-order valence-corrected chi connectivity index (χ2v) is 8.07. The highest BCUT2D eigenvalue weighted by atomic mass is 32.2. The molecule has 1 aromatic heterocycles. The summed E-state index contributed by atoms with van der Waals surface area (Å²) in [5, 5.41) is 22.9. The van der Waals surface area contributed by atoms with Crippen molar-refractivity contribution >= 4 is 38.3 Å². The molecular formula is C18H18N6O4S. The molecule has 0 radical (unpaired) electrons. The molecule has 4 N–H and O–H groups in total. The molecule has 0 spiro atoms. The maximum Gasteiger partial charge on any atom is 0.270 e.